The minimum absolute atomic E-state index is 0.407. The highest BCUT2D eigenvalue weighted by Gasteiger charge is 2.15. The van der Waals surface area contributed by atoms with E-state index in [9.17, 15) is 4.79 Å². The van der Waals surface area contributed by atoms with E-state index in [2.05, 4.69) is 10.6 Å². The van der Waals surface area contributed by atoms with Crippen LogP contribution >= 0.6 is 0 Å². The zero-order chi connectivity index (χ0) is 15.2. The Morgan fingerprint density at radius 3 is 2.55 bits per heavy atom. The van der Waals surface area contributed by atoms with E-state index in [4.69, 9.17) is 9.47 Å². The molecule has 0 aromatic heterocycles. The number of carbonyl (C=O) groups is 1. The van der Waals surface area contributed by atoms with Crippen molar-refractivity contribution in [3.63, 3.8) is 0 Å². The molecule has 1 aromatic carbocycles. The van der Waals surface area contributed by atoms with Gasteiger partial charge in [0.2, 0.25) is 0 Å². The summed E-state index contributed by atoms with van der Waals surface area (Å²) in [5, 5.41) is 5.92. The first-order chi connectivity index (χ1) is 9.31. The molecule has 0 heterocycles. The molecule has 0 spiro atoms. The van der Waals surface area contributed by atoms with Gasteiger partial charge in [0.05, 0.1) is 12.8 Å². The summed E-state index contributed by atoms with van der Waals surface area (Å²) >= 11 is 0. The van der Waals surface area contributed by atoms with Crippen molar-refractivity contribution in [1.82, 2.24) is 5.32 Å². The molecule has 0 aliphatic carbocycles. The smallest absolute Gasteiger partial charge is 0.407 e. The number of aryl methyl sites for hydroxylation is 1. The van der Waals surface area contributed by atoms with E-state index < -0.39 is 11.7 Å². The zero-order valence-corrected chi connectivity index (χ0v) is 12.9. The molecule has 0 bridgehead atoms. The first-order valence-electron chi connectivity index (χ1n) is 6.67. The van der Waals surface area contributed by atoms with Crippen molar-refractivity contribution >= 4 is 11.8 Å². The highest BCUT2D eigenvalue weighted by Crippen LogP contribution is 2.24. The lowest BCUT2D eigenvalue weighted by Gasteiger charge is -2.20. The van der Waals surface area contributed by atoms with Gasteiger partial charge in [0.15, 0.2) is 0 Å². The van der Waals surface area contributed by atoms with Gasteiger partial charge in [-0.2, -0.15) is 0 Å². The second-order valence-electron chi connectivity index (χ2n) is 5.56. The Balaban J connectivity index is 2.38. The van der Waals surface area contributed by atoms with Gasteiger partial charge in [0.1, 0.15) is 11.4 Å². The van der Waals surface area contributed by atoms with Gasteiger partial charge in [-0.15, -0.1) is 0 Å². The number of methoxy groups -OCH3 is 1. The lowest BCUT2D eigenvalue weighted by Crippen LogP contribution is -2.35. The highest BCUT2D eigenvalue weighted by molar-refractivity contribution is 5.67. The van der Waals surface area contributed by atoms with E-state index in [0.29, 0.717) is 13.1 Å². The Morgan fingerprint density at radius 1 is 1.25 bits per heavy atom. The van der Waals surface area contributed by atoms with Gasteiger partial charge in [-0.3, -0.25) is 0 Å². The number of hydrogen-bond acceptors (Lipinski definition) is 4. The predicted octanol–water partition coefficient (Wildman–Crippen LogP) is 2.94. The standard InChI is InChI=1S/C15H24N2O3/c1-11-6-7-13(19-5)12(10-11)16-8-9-17-14(18)20-15(2,3)4/h6-7,10,16H,8-9H2,1-5H3,(H,17,18). The van der Waals surface area contributed by atoms with Gasteiger partial charge >= 0.3 is 6.09 Å². The molecule has 0 atom stereocenters. The van der Waals surface area contributed by atoms with Crippen LogP contribution in [0.3, 0.4) is 0 Å². The highest BCUT2D eigenvalue weighted by atomic mass is 16.6. The molecule has 2 N–H and O–H groups in total. The summed E-state index contributed by atoms with van der Waals surface area (Å²) in [7, 11) is 1.63. The van der Waals surface area contributed by atoms with Crippen LogP contribution in [-0.2, 0) is 4.74 Å². The van der Waals surface area contributed by atoms with Crippen LogP contribution < -0.4 is 15.4 Å². The van der Waals surface area contributed by atoms with Crippen molar-refractivity contribution in [2.45, 2.75) is 33.3 Å². The summed E-state index contributed by atoms with van der Waals surface area (Å²) in [6.07, 6.45) is -0.407. The maximum Gasteiger partial charge on any atom is 0.407 e. The molecule has 0 fully saturated rings. The number of benzene rings is 1. The molecule has 0 radical (unpaired) electrons. The quantitative estimate of drug-likeness (QED) is 0.814. The third kappa shape index (κ3) is 5.82. The fourth-order valence-electron chi connectivity index (χ4n) is 1.64. The van der Waals surface area contributed by atoms with Crippen LogP contribution in [0.5, 0.6) is 5.75 Å². The molecule has 1 amide bonds. The summed E-state index contributed by atoms with van der Waals surface area (Å²) in [6, 6.07) is 5.91. The summed E-state index contributed by atoms with van der Waals surface area (Å²) < 4.78 is 10.4. The van der Waals surface area contributed by atoms with Crippen LogP contribution in [0.2, 0.25) is 0 Å². The number of amides is 1. The number of nitrogens with one attached hydrogen (secondary N) is 2. The second-order valence-corrected chi connectivity index (χ2v) is 5.56. The largest absolute Gasteiger partial charge is 0.495 e. The Morgan fingerprint density at radius 2 is 1.95 bits per heavy atom. The molecule has 0 saturated carbocycles. The van der Waals surface area contributed by atoms with Gasteiger partial charge in [-0.05, 0) is 45.4 Å². The zero-order valence-electron chi connectivity index (χ0n) is 12.9. The third-order valence-electron chi connectivity index (χ3n) is 2.46. The average molecular weight is 280 g/mol. The normalized spacial score (nSPS) is 10.8. The van der Waals surface area contributed by atoms with Crippen molar-refractivity contribution < 1.29 is 14.3 Å². The molecule has 0 saturated heterocycles. The van der Waals surface area contributed by atoms with Crippen LogP contribution in [-0.4, -0.2) is 31.9 Å². The Bertz CT molecular complexity index is 453. The van der Waals surface area contributed by atoms with E-state index in [1.807, 2.05) is 45.9 Å². The Kier molecular flexibility index (Phi) is 5.67. The molecule has 0 aliphatic rings. The molecule has 20 heavy (non-hydrogen) atoms. The van der Waals surface area contributed by atoms with E-state index in [0.717, 1.165) is 17.0 Å². The predicted molar refractivity (Wildman–Crippen MR) is 80.5 cm³/mol. The van der Waals surface area contributed by atoms with Crippen molar-refractivity contribution in [3.05, 3.63) is 23.8 Å². The average Bonchev–Trinajstić information content (AvgIpc) is 2.33. The maximum atomic E-state index is 11.5. The molecular formula is C15H24N2O3. The first kappa shape index (κ1) is 16.1. The fraction of sp³-hybridized carbons (Fsp3) is 0.533. The molecule has 1 aromatic rings. The van der Waals surface area contributed by atoms with Gasteiger partial charge in [0.25, 0.3) is 0 Å². The van der Waals surface area contributed by atoms with E-state index in [1.165, 1.54) is 0 Å². The number of carbonyl (C=O) groups excluding carboxylic acids is 1. The molecule has 0 aliphatic heterocycles. The topological polar surface area (TPSA) is 59.6 Å². The Hall–Kier alpha value is -1.91. The van der Waals surface area contributed by atoms with E-state index >= 15 is 0 Å². The molecule has 1 rings (SSSR count). The number of hydrogen-bond donors (Lipinski definition) is 2. The van der Waals surface area contributed by atoms with Crippen molar-refractivity contribution in [1.29, 1.82) is 0 Å². The van der Waals surface area contributed by atoms with Crippen LogP contribution in [0.25, 0.3) is 0 Å². The van der Waals surface area contributed by atoms with Gasteiger partial charge in [-0.25, -0.2) is 4.79 Å². The molecule has 5 heteroatoms. The van der Waals surface area contributed by atoms with Crippen molar-refractivity contribution in [2.75, 3.05) is 25.5 Å². The van der Waals surface area contributed by atoms with Crippen LogP contribution in [0.4, 0.5) is 10.5 Å². The van der Waals surface area contributed by atoms with Crippen LogP contribution in [0, 0.1) is 6.92 Å². The number of rotatable bonds is 5. The monoisotopic (exact) mass is 280 g/mol. The van der Waals surface area contributed by atoms with E-state index in [1.54, 1.807) is 7.11 Å². The minimum Gasteiger partial charge on any atom is -0.495 e. The van der Waals surface area contributed by atoms with Crippen molar-refractivity contribution in [2.24, 2.45) is 0 Å². The first-order valence-corrected chi connectivity index (χ1v) is 6.67. The number of alkyl carbamates (subject to hydrolysis) is 1. The minimum atomic E-state index is -0.475. The summed E-state index contributed by atoms with van der Waals surface area (Å²) in [5.41, 5.74) is 1.59. The summed E-state index contributed by atoms with van der Waals surface area (Å²) in [5.74, 6) is 0.785. The second kappa shape index (κ2) is 7.03. The lowest BCUT2D eigenvalue weighted by atomic mass is 10.2. The maximum absolute atomic E-state index is 11.5. The van der Waals surface area contributed by atoms with Crippen LogP contribution in [0.1, 0.15) is 26.3 Å². The summed E-state index contributed by atoms with van der Waals surface area (Å²) in [6.45, 7) is 8.60. The molecule has 5 nitrogen and oxygen atoms in total. The molecular weight excluding hydrogens is 256 g/mol. The van der Waals surface area contributed by atoms with Crippen LogP contribution in [0.15, 0.2) is 18.2 Å². The SMILES string of the molecule is COc1ccc(C)cc1NCCNC(=O)OC(C)(C)C. The van der Waals surface area contributed by atoms with Gasteiger partial charge < -0.3 is 20.1 Å². The Labute approximate surface area is 120 Å². The third-order valence-corrected chi connectivity index (χ3v) is 2.46. The summed E-state index contributed by atoms with van der Waals surface area (Å²) in [4.78, 5) is 11.5. The fourth-order valence-corrected chi connectivity index (χ4v) is 1.64. The lowest BCUT2D eigenvalue weighted by molar-refractivity contribution is 0.0530. The van der Waals surface area contributed by atoms with Crippen molar-refractivity contribution in [3.8, 4) is 5.75 Å². The van der Waals surface area contributed by atoms with E-state index in [-0.39, 0.29) is 0 Å². The number of ether oxygens (including phenoxy) is 2. The molecule has 0 unspecified atom stereocenters. The number of anilines is 1. The van der Waals surface area contributed by atoms with Gasteiger partial charge in [-0.1, -0.05) is 6.07 Å². The molecule has 112 valence electrons. The van der Waals surface area contributed by atoms with Gasteiger partial charge in [0, 0.05) is 13.1 Å².